The van der Waals surface area contributed by atoms with E-state index in [9.17, 15) is 19.7 Å². The monoisotopic (exact) mass is 492 g/mol. The third-order valence-corrected chi connectivity index (χ3v) is 5.05. The summed E-state index contributed by atoms with van der Waals surface area (Å²) in [6, 6.07) is 16.6. The molecule has 0 saturated heterocycles. The van der Waals surface area contributed by atoms with Crippen LogP contribution in [-0.4, -0.2) is 29.4 Å². The van der Waals surface area contributed by atoms with Crippen LogP contribution >= 0.6 is 11.6 Å². The molecule has 0 aromatic heterocycles. The van der Waals surface area contributed by atoms with Crippen LogP contribution in [0.2, 0.25) is 5.02 Å². The molecule has 0 atom stereocenters. The molecule has 0 N–H and O–H groups in total. The van der Waals surface area contributed by atoms with E-state index in [1.165, 1.54) is 30.3 Å². The molecule has 35 heavy (non-hydrogen) atoms. The summed E-state index contributed by atoms with van der Waals surface area (Å²) in [4.78, 5) is 39.3. The van der Waals surface area contributed by atoms with Crippen LogP contribution in [0, 0.1) is 10.1 Å². The van der Waals surface area contributed by atoms with Gasteiger partial charge in [0.1, 0.15) is 0 Å². The standard InChI is InChI=1S/C25H17ClN2O7/c1-2-33-22-14-15(3-12-21(22)34-24(29)17-4-8-18(26)9-5-17)13-20-25(30)35-23(27-20)16-6-10-19(11-7-16)28(31)32/h3-14H,2H2,1H3/b20-13+. The first-order chi connectivity index (χ1) is 16.8. The molecule has 1 aliphatic heterocycles. The fourth-order valence-electron chi connectivity index (χ4n) is 3.13. The van der Waals surface area contributed by atoms with E-state index in [1.54, 1.807) is 49.4 Å². The van der Waals surface area contributed by atoms with Gasteiger partial charge in [0.25, 0.3) is 5.69 Å². The van der Waals surface area contributed by atoms with Crippen molar-refractivity contribution in [2.75, 3.05) is 6.61 Å². The minimum Gasteiger partial charge on any atom is -0.490 e. The Balaban J connectivity index is 1.57. The fourth-order valence-corrected chi connectivity index (χ4v) is 3.25. The van der Waals surface area contributed by atoms with Crippen LogP contribution in [0.5, 0.6) is 11.5 Å². The molecule has 1 aliphatic rings. The molecule has 0 unspecified atom stereocenters. The molecule has 0 aliphatic carbocycles. The number of rotatable bonds is 7. The molecule has 0 fully saturated rings. The number of hydrogen-bond acceptors (Lipinski definition) is 8. The van der Waals surface area contributed by atoms with Crippen molar-refractivity contribution < 1.29 is 28.7 Å². The summed E-state index contributed by atoms with van der Waals surface area (Å²) in [5.41, 5.74) is 1.25. The number of carbonyl (C=O) groups is 2. The maximum Gasteiger partial charge on any atom is 0.363 e. The molecule has 0 bridgehead atoms. The molecule has 10 heteroatoms. The Hall–Kier alpha value is -4.50. The predicted molar refractivity (Wildman–Crippen MR) is 128 cm³/mol. The molecule has 0 radical (unpaired) electrons. The predicted octanol–water partition coefficient (Wildman–Crippen LogP) is 5.21. The van der Waals surface area contributed by atoms with Gasteiger partial charge in [-0.15, -0.1) is 0 Å². The molecule has 176 valence electrons. The minimum atomic E-state index is -0.672. The van der Waals surface area contributed by atoms with Crippen LogP contribution in [0.25, 0.3) is 6.08 Å². The van der Waals surface area contributed by atoms with Crippen molar-refractivity contribution in [3.05, 3.63) is 104 Å². The Bertz CT molecular complexity index is 1360. The van der Waals surface area contributed by atoms with Gasteiger partial charge in [-0.2, -0.15) is 0 Å². The van der Waals surface area contributed by atoms with Crippen LogP contribution in [0.15, 0.2) is 77.4 Å². The van der Waals surface area contributed by atoms with Crippen LogP contribution in [0.1, 0.15) is 28.4 Å². The number of ether oxygens (including phenoxy) is 3. The van der Waals surface area contributed by atoms with Gasteiger partial charge in [0.15, 0.2) is 17.2 Å². The third-order valence-electron chi connectivity index (χ3n) is 4.80. The Morgan fingerprint density at radius 3 is 2.46 bits per heavy atom. The van der Waals surface area contributed by atoms with Crippen molar-refractivity contribution in [3.63, 3.8) is 0 Å². The zero-order valence-corrected chi connectivity index (χ0v) is 19.0. The lowest BCUT2D eigenvalue weighted by Gasteiger charge is -2.11. The number of non-ortho nitro benzene ring substituents is 1. The summed E-state index contributed by atoms with van der Waals surface area (Å²) in [6.07, 6.45) is 1.49. The number of benzene rings is 3. The highest BCUT2D eigenvalue weighted by atomic mass is 35.5. The zero-order valence-electron chi connectivity index (χ0n) is 18.3. The maximum absolute atomic E-state index is 12.5. The second-order valence-corrected chi connectivity index (χ2v) is 7.61. The van der Waals surface area contributed by atoms with Crippen LogP contribution in [0.3, 0.4) is 0 Å². The number of nitro benzene ring substituents is 1. The molecule has 1 heterocycles. The molecule has 3 aromatic carbocycles. The van der Waals surface area contributed by atoms with Gasteiger partial charge < -0.3 is 14.2 Å². The summed E-state index contributed by atoms with van der Waals surface area (Å²) >= 11 is 5.86. The molecule has 0 spiro atoms. The smallest absolute Gasteiger partial charge is 0.363 e. The topological polar surface area (TPSA) is 117 Å². The first kappa shape index (κ1) is 23.7. The Labute approximate surface area is 204 Å². The maximum atomic E-state index is 12.5. The minimum absolute atomic E-state index is 0.0340. The zero-order chi connectivity index (χ0) is 24.9. The number of halogens is 1. The van der Waals surface area contributed by atoms with E-state index < -0.39 is 16.9 Å². The first-order valence-corrected chi connectivity index (χ1v) is 10.7. The van der Waals surface area contributed by atoms with Gasteiger partial charge in [0.2, 0.25) is 5.90 Å². The quantitative estimate of drug-likeness (QED) is 0.146. The molecule has 0 amide bonds. The summed E-state index contributed by atoms with van der Waals surface area (Å²) < 4.78 is 16.3. The number of esters is 2. The lowest BCUT2D eigenvalue weighted by Crippen LogP contribution is -2.09. The number of nitro groups is 1. The summed E-state index contributed by atoms with van der Waals surface area (Å²) in [5, 5.41) is 11.3. The molecule has 9 nitrogen and oxygen atoms in total. The highest BCUT2D eigenvalue weighted by Crippen LogP contribution is 2.31. The highest BCUT2D eigenvalue weighted by Gasteiger charge is 2.25. The van der Waals surface area contributed by atoms with E-state index in [-0.39, 0.29) is 23.0 Å². The molecule has 4 rings (SSSR count). The van der Waals surface area contributed by atoms with Crippen molar-refractivity contribution in [2.24, 2.45) is 4.99 Å². The van der Waals surface area contributed by atoms with Gasteiger partial charge >= 0.3 is 11.9 Å². The average Bonchev–Trinajstić information content (AvgIpc) is 3.21. The van der Waals surface area contributed by atoms with Crippen LogP contribution in [-0.2, 0) is 9.53 Å². The largest absolute Gasteiger partial charge is 0.490 e. The third kappa shape index (κ3) is 5.53. The lowest BCUT2D eigenvalue weighted by molar-refractivity contribution is -0.384. The normalized spacial score (nSPS) is 13.8. The van der Waals surface area contributed by atoms with Gasteiger partial charge in [-0.1, -0.05) is 17.7 Å². The van der Waals surface area contributed by atoms with Crippen LogP contribution in [0.4, 0.5) is 5.69 Å². The molecule has 0 saturated carbocycles. The van der Waals surface area contributed by atoms with E-state index >= 15 is 0 Å². The average molecular weight is 493 g/mol. The van der Waals surface area contributed by atoms with Crippen molar-refractivity contribution in [2.45, 2.75) is 6.92 Å². The molecular formula is C25H17ClN2O7. The Morgan fingerprint density at radius 1 is 1.09 bits per heavy atom. The Morgan fingerprint density at radius 2 is 1.80 bits per heavy atom. The SMILES string of the molecule is CCOc1cc(/C=C2/N=C(c3ccc([N+](=O)[O-])cc3)OC2=O)ccc1OC(=O)c1ccc(Cl)cc1. The van der Waals surface area contributed by atoms with Crippen molar-refractivity contribution >= 4 is 41.2 Å². The van der Waals surface area contributed by atoms with E-state index in [0.29, 0.717) is 34.1 Å². The van der Waals surface area contributed by atoms with Gasteiger partial charge in [-0.25, -0.2) is 14.6 Å². The van der Waals surface area contributed by atoms with Gasteiger partial charge in [-0.05, 0) is 67.1 Å². The van der Waals surface area contributed by atoms with Crippen molar-refractivity contribution in [1.82, 2.24) is 0 Å². The van der Waals surface area contributed by atoms with Crippen molar-refractivity contribution in [1.29, 1.82) is 0 Å². The van der Waals surface area contributed by atoms with E-state index in [0.717, 1.165) is 0 Å². The lowest BCUT2D eigenvalue weighted by atomic mass is 10.1. The summed E-state index contributed by atoms with van der Waals surface area (Å²) in [7, 11) is 0. The fraction of sp³-hybridized carbons (Fsp3) is 0.0800. The molecule has 3 aromatic rings. The number of aliphatic imine (C=N–C) groups is 1. The van der Waals surface area contributed by atoms with E-state index in [4.69, 9.17) is 25.8 Å². The highest BCUT2D eigenvalue weighted by molar-refractivity contribution is 6.30. The second kappa shape index (κ2) is 10.2. The Kier molecular flexibility index (Phi) is 6.88. The van der Waals surface area contributed by atoms with Crippen molar-refractivity contribution in [3.8, 4) is 11.5 Å². The number of carbonyl (C=O) groups excluding carboxylic acids is 2. The van der Waals surface area contributed by atoms with Gasteiger partial charge in [0.05, 0.1) is 17.1 Å². The number of cyclic esters (lactones) is 1. The van der Waals surface area contributed by atoms with E-state index in [2.05, 4.69) is 4.99 Å². The number of nitrogens with zero attached hydrogens (tertiary/aromatic N) is 2. The van der Waals surface area contributed by atoms with Crippen LogP contribution < -0.4 is 9.47 Å². The first-order valence-electron chi connectivity index (χ1n) is 10.4. The second-order valence-electron chi connectivity index (χ2n) is 7.18. The number of hydrogen-bond donors (Lipinski definition) is 0. The summed E-state index contributed by atoms with van der Waals surface area (Å²) in [5.74, 6) is -0.706. The van der Waals surface area contributed by atoms with Gasteiger partial charge in [-0.3, -0.25) is 10.1 Å². The summed E-state index contributed by atoms with van der Waals surface area (Å²) in [6.45, 7) is 2.10. The molecular weight excluding hydrogens is 476 g/mol. The van der Waals surface area contributed by atoms with E-state index in [1.807, 2.05) is 0 Å². The van der Waals surface area contributed by atoms with Gasteiger partial charge in [0, 0.05) is 22.7 Å².